The number of rotatable bonds is 21. The van der Waals surface area contributed by atoms with Gasteiger partial charge in [-0.05, 0) is 39.2 Å². The van der Waals surface area contributed by atoms with E-state index in [2.05, 4.69) is 22.2 Å². The Labute approximate surface area is 302 Å². The van der Waals surface area contributed by atoms with Crippen LogP contribution < -0.4 is 22.3 Å². The summed E-state index contributed by atoms with van der Waals surface area (Å²) in [4.78, 5) is 75.5. The molecule has 2 aromatic rings. The molecule has 4 heterocycles. The van der Waals surface area contributed by atoms with Gasteiger partial charge in [0.15, 0.2) is 0 Å². The van der Waals surface area contributed by atoms with E-state index in [9.17, 15) is 33.5 Å². The average molecular weight is 756 g/mol. The first kappa shape index (κ1) is 41.7. The van der Waals surface area contributed by atoms with Crippen molar-refractivity contribution in [3.63, 3.8) is 0 Å². The lowest BCUT2D eigenvalue weighted by atomic mass is 9.88. The minimum atomic E-state index is -5.24. The van der Waals surface area contributed by atoms with E-state index in [1.165, 1.54) is 94.7 Å². The molecule has 0 bridgehead atoms. The number of unbranched alkanes of at least 4 members (excludes halogenated alkanes) is 12. The second kappa shape index (κ2) is 19.4. The number of amides is 1. The highest BCUT2D eigenvalue weighted by atomic mass is 31.2. The van der Waals surface area contributed by atoms with Gasteiger partial charge in [-0.1, -0.05) is 84.0 Å². The molecule has 2 aliphatic heterocycles. The summed E-state index contributed by atoms with van der Waals surface area (Å²) in [5, 5.41) is 2.66. The van der Waals surface area contributed by atoms with Gasteiger partial charge in [-0.2, -0.15) is 4.98 Å². The minimum absolute atomic E-state index is 0.0866. The Morgan fingerprint density at radius 2 is 1.62 bits per heavy atom. The van der Waals surface area contributed by atoms with Gasteiger partial charge in [0.25, 0.3) is 5.56 Å². The first-order chi connectivity index (χ1) is 24.7. The number of hydrogen-bond donors (Lipinski definition) is 4. The lowest BCUT2D eigenvalue weighted by Gasteiger charge is -2.39. The van der Waals surface area contributed by atoms with Crippen molar-refractivity contribution in [3.8, 4) is 0 Å². The van der Waals surface area contributed by atoms with E-state index in [-0.39, 0.29) is 36.6 Å². The van der Waals surface area contributed by atoms with Crippen LogP contribution >= 0.6 is 7.82 Å². The third-order valence-electron chi connectivity index (χ3n) is 9.95. The smallest absolute Gasteiger partial charge is 0.352 e. The number of carbonyl (C=O) groups excluding carboxylic acids is 1. The standard InChI is InChI=1S/C35H55FN5O10P/c1-4-5-6-7-8-9-10-11-12-13-14-15-16-17-28(42)37-27-20-21-40(33(44)38-27)29-19-18-26(49-29)35(3,51-52(46,47)48)31-25(36)22-30(50-31)41-23-24(2)32(43)39-34(41)45/h20-21,23,25-26,29-31H,4-19,22H2,1-3H3,(H,39,43,45)(H2,46,47,48)(H,37,38,42,44). The quantitative estimate of drug-likeness (QED) is 0.0900. The van der Waals surface area contributed by atoms with Crippen molar-refractivity contribution in [2.24, 2.45) is 0 Å². The summed E-state index contributed by atoms with van der Waals surface area (Å²) in [7, 11) is -5.24. The summed E-state index contributed by atoms with van der Waals surface area (Å²) in [6.45, 7) is 4.94. The van der Waals surface area contributed by atoms with Gasteiger partial charge in [-0.3, -0.25) is 28.2 Å². The summed E-state index contributed by atoms with van der Waals surface area (Å²) in [6.07, 6.45) is 11.7. The molecule has 4 rings (SSSR count). The van der Waals surface area contributed by atoms with Crippen molar-refractivity contribution in [2.45, 2.75) is 166 Å². The van der Waals surface area contributed by atoms with Crippen LogP contribution in [-0.4, -0.2) is 58.8 Å². The molecule has 2 fully saturated rings. The van der Waals surface area contributed by atoms with Crippen LogP contribution in [-0.2, 0) is 23.4 Å². The number of phosphoric ester groups is 1. The molecule has 2 aliphatic rings. The third kappa shape index (κ3) is 11.7. The van der Waals surface area contributed by atoms with E-state index in [1.807, 2.05) is 0 Å². The van der Waals surface area contributed by atoms with E-state index in [0.29, 0.717) is 6.42 Å². The Kier molecular flexibility index (Phi) is 15.5. The van der Waals surface area contributed by atoms with Crippen molar-refractivity contribution >= 4 is 19.5 Å². The fourth-order valence-corrected chi connectivity index (χ4v) is 7.84. The maximum absolute atomic E-state index is 15.6. The summed E-state index contributed by atoms with van der Waals surface area (Å²) >= 11 is 0. The molecule has 0 saturated carbocycles. The molecule has 2 aromatic heterocycles. The van der Waals surface area contributed by atoms with E-state index in [1.54, 1.807) is 0 Å². The molecule has 6 atom stereocenters. The summed E-state index contributed by atoms with van der Waals surface area (Å²) in [6, 6.07) is 1.46. The van der Waals surface area contributed by atoms with Gasteiger partial charge in [0, 0.05) is 30.8 Å². The third-order valence-corrected chi connectivity index (χ3v) is 10.6. The van der Waals surface area contributed by atoms with Gasteiger partial charge in [0.2, 0.25) is 5.91 Å². The molecule has 6 unspecified atom stereocenters. The molecule has 52 heavy (non-hydrogen) atoms. The number of halogens is 1. The van der Waals surface area contributed by atoms with Crippen LogP contribution in [0, 0.1) is 6.92 Å². The zero-order valence-electron chi connectivity index (χ0n) is 30.5. The lowest BCUT2D eigenvalue weighted by Crippen LogP contribution is -2.54. The van der Waals surface area contributed by atoms with E-state index < -0.39 is 61.2 Å². The molecule has 15 nitrogen and oxygen atoms in total. The molecule has 0 aromatic carbocycles. The minimum Gasteiger partial charge on any atom is -0.352 e. The highest BCUT2D eigenvalue weighted by Gasteiger charge is 2.57. The van der Waals surface area contributed by atoms with Crippen molar-refractivity contribution in [1.29, 1.82) is 0 Å². The Morgan fingerprint density at radius 1 is 1.00 bits per heavy atom. The van der Waals surface area contributed by atoms with Crippen LogP contribution in [0.1, 0.15) is 141 Å². The van der Waals surface area contributed by atoms with Crippen molar-refractivity contribution in [1.82, 2.24) is 19.1 Å². The average Bonchev–Trinajstić information content (AvgIpc) is 3.72. The van der Waals surface area contributed by atoms with E-state index in [0.717, 1.165) is 30.3 Å². The van der Waals surface area contributed by atoms with Gasteiger partial charge in [0.05, 0.1) is 6.10 Å². The fraction of sp³-hybridized carbons (Fsp3) is 0.743. The van der Waals surface area contributed by atoms with Crippen LogP contribution in [0.15, 0.2) is 32.8 Å². The molecule has 1 amide bonds. The van der Waals surface area contributed by atoms with Gasteiger partial charge >= 0.3 is 19.2 Å². The molecule has 0 aliphatic carbocycles. The van der Waals surface area contributed by atoms with E-state index in [4.69, 9.17) is 14.0 Å². The molecular formula is C35H55FN5O10P. The van der Waals surface area contributed by atoms with Crippen molar-refractivity contribution in [3.05, 3.63) is 55.3 Å². The Balaban J connectivity index is 1.27. The number of aromatic nitrogens is 4. The summed E-state index contributed by atoms with van der Waals surface area (Å²) < 4.78 is 47.0. The van der Waals surface area contributed by atoms with Crippen LogP contribution in [0.4, 0.5) is 10.2 Å². The van der Waals surface area contributed by atoms with Crippen molar-refractivity contribution in [2.75, 3.05) is 5.32 Å². The van der Waals surface area contributed by atoms with Crippen LogP contribution in [0.3, 0.4) is 0 Å². The van der Waals surface area contributed by atoms with Gasteiger partial charge in [0.1, 0.15) is 36.2 Å². The number of hydrogen-bond acceptors (Lipinski definition) is 9. The Morgan fingerprint density at radius 3 is 2.21 bits per heavy atom. The number of phosphoric acid groups is 1. The number of nitrogens with zero attached hydrogens (tertiary/aromatic N) is 3. The topological polar surface area (TPSA) is 204 Å². The highest BCUT2D eigenvalue weighted by Crippen LogP contribution is 2.51. The number of H-pyrrole nitrogens is 1. The maximum atomic E-state index is 15.6. The summed E-state index contributed by atoms with van der Waals surface area (Å²) in [5.74, 6) is -0.159. The zero-order valence-corrected chi connectivity index (χ0v) is 31.4. The SMILES string of the molecule is CCCCCCCCCCCCCCCC(=O)Nc1ccn(C2CCC(C(C)(OP(=O)(O)O)C3OC(n4cc(C)c(=O)[nH]c4=O)CC3F)O2)c(=O)n1. The predicted octanol–water partition coefficient (Wildman–Crippen LogP) is 5.69. The first-order valence-corrected chi connectivity index (χ1v) is 20.2. The molecule has 2 saturated heterocycles. The monoisotopic (exact) mass is 755 g/mol. The number of ether oxygens (including phenoxy) is 2. The molecule has 17 heteroatoms. The van der Waals surface area contributed by atoms with Crippen LogP contribution in [0.2, 0.25) is 0 Å². The zero-order chi connectivity index (χ0) is 37.9. The molecule has 0 spiro atoms. The molecule has 4 N–H and O–H groups in total. The predicted molar refractivity (Wildman–Crippen MR) is 192 cm³/mol. The van der Waals surface area contributed by atoms with Crippen LogP contribution in [0.25, 0.3) is 0 Å². The van der Waals surface area contributed by atoms with Gasteiger partial charge in [-0.25, -0.2) is 18.5 Å². The number of aryl methyl sites for hydroxylation is 1. The van der Waals surface area contributed by atoms with Gasteiger partial charge in [-0.15, -0.1) is 0 Å². The second-order valence-corrected chi connectivity index (χ2v) is 15.4. The fourth-order valence-electron chi connectivity index (χ4n) is 7.11. The number of nitrogens with one attached hydrogen (secondary N) is 2. The number of aromatic amines is 1. The molecule has 0 radical (unpaired) electrons. The largest absolute Gasteiger partial charge is 0.470 e. The Bertz CT molecular complexity index is 1690. The number of anilines is 1. The molecular weight excluding hydrogens is 700 g/mol. The Hall–Kier alpha value is -3.01. The van der Waals surface area contributed by atoms with Crippen molar-refractivity contribution < 1.29 is 37.5 Å². The molecule has 292 valence electrons. The highest BCUT2D eigenvalue weighted by molar-refractivity contribution is 7.46. The number of carbonyl (C=O) groups is 1. The maximum Gasteiger partial charge on any atom is 0.470 e. The normalized spacial score (nSPS) is 23.2. The summed E-state index contributed by atoms with van der Waals surface area (Å²) in [5.41, 5.74) is -4.07. The second-order valence-electron chi connectivity index (χ2n) is 14.2. The lowest BCUT2D eigenvalue weighted by molar-refractivity contribution is -0.180. The number of alkyl halides is 1. The first-order valence-electron chi connectivity index (χ1n) is 18.6. The van der Waals surface area contributed by atoms with Crippen LogP contribution in [0.5, 0.6) is 0 Å². The van der Waals surface area contributed by atoms with E-state index >= 15 is 4.39 Å². The van der Waals surface area contributed by atoms with Gasteiger partial charge < -0.3 is 24.6 Å².